The van der Waals surface area contributed by atoms with Gasteiger partial charge in [-0.25, -0.2) is 0 Å². The molecular formula is C19H35ClIN5. The van der Waals surface area contributed by atoms with Gasteiger partial charge in [-0.15, -0.1) is 24.0 Å². The molecule has 1 saturated heterocycles. The van der Waals surface area contributed by atoms with E-state index in [1.165, 1.54) is 50.9 Å². The lowest BCUT2D eigenvalue weighted by molar-refractivity contribution is 0.158. The lowest BCUT2D eigenvalue weighted by Crippen LogP contribution is -2.40. The van der Waals surface area contributed by atoms with Crippen LogP contribution in [0, 0.1) is 0 Å². The summed E-state index contributed by atoms with van der Waals surface area (Å²) >= 11 is 6.07. The van der Waals surface area contributed by atoms with Gasteiger partial charge in [-0.2, -0.15) is 0 Å². The van der Waals surface area contributed by atoms with Gasteiger partial charge in [0.15, 0.2) is 5.96 Å². The monoisotopic (exact) mass is 495 g/mol. The third-order valence-corrected chi connectivity index (χ3v) is 5.35. The number of likely N-dealkylation sites (tertiary alicyclic amines) is 1. The highest BCUT2D eigenvalue weighted by molar-refractivity contribution is 14.0. The number of piperidine rings is 1. The number of nitrogens with one attached hydrogen (secondary N) is 1. The average molecular weight is 496 g/mol. The molecule has 1 aromatic rings. The Kier molecular flexibility index (Phi) is 11.0. The van der Waals surface area contributed by atoms with Crippen LogP contribution in [0.15, 0.2) is 17.3 Å². The Bertz CT molecular complexity index is 560. The molecule has 150 valence electrons. The lowest BCUT2D eigenvalue weighted by atomic mass is 10.0. The van der Waals surface area contributed by atoms with E-state index in [4.69, 9.17) is 11.6 Å². The fraction of sp³-hybridized carbons (Fsp3) is 0.737. The van der Waals surface area contributed by atoms with Gasteiger partial charge in [-0.1, -0.05) is 18.0 Å². The van der Waals surface area contributed by atoms with Crippen LogP contribution in [0.25, 0.3) is 0 Å². The second-order valence-corrected chi connectivity index (χ2v) is 7.61. The maximum absolute atomic E-state index is 6.07. The van der Waals surface area contributed by atoms with Crippen LogP contribution in [-0.4, -0.2) is 60.1 Å². The standard InChI is InChI=1S/C19H34ClN5.HI/c1-16-9-5-7-11-25(16)12-8-6-10-22-19(21-2)24(4)15-18-13-17(20)14-23(18)3;/h13-14,16H,5-12,15H2,1-4H3,(H,21,22);1H. The largest absolute Gasteiger partial charge is 0.356 e. The summed E-state index contributed by atoms with van der Waals surface area (Å²) in [6, 6.07) is 2.77. The number of hydrogen-bond acceptors (Lipinski definition) is 2. The van der Waals surface area contributed by atoms with Crippen LogP contribution in [0.5, 0.6) is 0 Å². The number of aryl methyl sites for hydroxylation is 1. The highest BCUT2D eigenvalue weighted by Gasteiger charge is 2.17. The van der Waals surface area contributed by atoms with E-state index in [-0.39, 0.29) is 24.0 Å². The molecular weight excluding hydrogens is 461 g/mol. The van der Waals surface area contributed by atoms with Gasteiger partial charge in [0.1, 0.15) is 0 Å². The summed E-state index contributed by atoms with van der Waals surface area (Å²) in [5.74, 6) is 0.934. The summed E-state index contributed by atoms with van der Waals surface area (Å²) in [4.78, 5) is 9.18. The molecule has 1 unspecified atom stereocenters. The maximum Gasteiger partial charge on any atom is 0.193 e. The number of rotatable bonds is 7. The van der Waals surface area contributed by atoms with Crippen LogP contribution < -0.4 is 5.32 Å². The number of guanidine groups is 1. The van der Waals surface area contributed by atoms with Gasteiger partial charge >= 0.3 is 0 Å². The molecule has 26 heavy (non-hydrogen) atoms. The zero-order valence-electron chi connectivity index (χ0n) is 16.7. The number of aromatic nitrogens is 1. The molecule has 0 bridgehead atoms. The van der Waals surface area contributed by atoms with Gasteiger partial charge in [-0.05, 0) is 51.8 Å². The molecule has 0 spiro atoms. The zero-order valence-corrected chi connectivity index (χ0v) is 19.8. The molecule has 0 amide bonds. The van der Waals surface area contributed by atoms with Crippen molar-refractivity contribution in [3.05, 3.63) is 23.0 Å². The van der Waals surface area contributed by atoms with E-state index in [0.29, 0.717) is 0 Å². The second-order valence-electron chi connectivity index (χ2n) is 7.18. The molecule has 1 aromatic heterocycles. The number of unbranched alkanes of at least 4 members (excludes halogenated alkanes) is 1. The third kappa shape index (κ3) is 7.27. The molecule has 7 heteroatoms. The molecule has 0 saturated carbocycles. The molecule has 1 aliphatic rings. The van der Waals surface area contributed by atoms with Gasteiger partial charge < -0.3 is 19.7 Å². The molecule has 0 radical (unpaired) electrons. The van der Waals surface area contributed by atoms with Crippen LogP contribution in [0.3, 0.4) is 0 Å². The topological polar surface area (TPSA) is 35.8 Å². The Labute approximate surface area is 181 Å². The molecule has 5 nitrogen and oxygen atoms in total. The Morgan fingerprint density at radius 2 is 2.15 bits per heavy atom. The minimum atomic E-state index is 0. The molecule has 0 aromatic carbocycles. The third-order valence-electron chi connectivity index (χ3n) is 5.14. The van der Waals surface area contributed by atoms with Crippen molar-refractivity contribution in [2.75, 3.05) is 33.7 Å². The minimum Gasteiger partial charge on any atom is -0.356 e. The van der Waals surface area contributed by atoms with E-state index < -0.39 is 0 Å². The van der Waals surface area contributed by atoms with Crippen LogP contribution in [0.1, 0.15) is 44.7 Å². The normalized spacial score (nSPS) is 18.5. The molecule has 0 aliphatic carbocycles. The summed E-state index contributed by atoms with van der Waals surface area (Å²) < 4.78 is 2.06. The van der Waals surface area contributed by atoms with Crippen molar-refractivity contribution in [3.8, 4) is 0 Å². The van der Waals surface area contributed by atoms with Crippen molar-refractivity contribution in [1.29, 1.82) is 0 Å². The highest BCUT2D eigenvalue weighted by Crippen LogP contribution is 2.16. The average Bonchev–Trinajstić information content (AvgIpc) is 2.89. The van der Waals surface area contributed by atoms with Crippen LogP contribution in [-0.2, 0) is 13.6 Å². The van der Waals surface area contributed by atoms with E-state index in [1.807, 2.05) is 26.4 Å². The van der Waals surface area contributed by atoms with E-state index in [9.17, 15) is 0 Å². The second kappa shape index (κ2) is 12.1. The minimum absolute atomic E-state index is 0. The SMILES string of the molecule is CN=C(NCCCCN1CCCCC1C)N(C)Cc1cc(Cl)cn1C.I. The number of halogens is 2. The summed E-state index contributed by atoms with van der Waals surface area (Å²) in [6.45, 7) is 6.61. The highest BCUT2D eigenvalue weighted by atomic mass is 127. The first-order valence-electron chi connectivity index (χ1n) is 9.48. The molecule has 2 heterocycles. The summed E-state index contributed by atoms with van der Waals surface area (Å²) in [5, 5.41) is 4.26. The summed E-state index contributed by atoms with van der Waals surface area (Å²) in [7, 11) is 5.92. The van der Waals surface area contributed by atoms with Gasteiger partial charge in [-0.3, -0.25) is 4.99 Å². The predicted molar refractivity (Wildman–Crippen MR) is 123 cm³/mol. The lowest BCUT2D eigenvalue weighted by Gasteiger charge is -2.33. The molecule has 2 rings (SSSR count). The van der Waals surface area contributed by atoms with Gasteiger partial charge in [0, 0.05) is 45.6 Å². The first-order valence-corrected chi connectivity index (χ1v) is 9.85. The first kappa shape index (κ1) is 23.6. The molecule has 1 N–H and O–H groups in total. The predicted octanol–water partition coefficient (Wildman–Crippen LogP) is 3.96. The van der Waals surface area contributed by atoms with Crippen molar-refractivity contribution in [2.24, 2.45) is 12.0 Å². The first-order chi connectivity index (χ1) is 12.0. The van der Waals surface area contributed by atoms with Gasteiger partial charge in [0.2, 0.25) is 0 Å². The Hall–Kier alpha value is -0.470. The fourth-order valence-electron chi connectivity index (χ4n) is 3.56. The Balaban J connectivity index is 0.00000338. The van der Waals surface area contributed by atoms with Crippen LogP contribution in [0.4, 0.5) is 0 Å². The molecule has 1 fully saturated rings. The van der Waals surface area contributed by atoms with Crippen molar-refractivity contribution in [2.45, 2.75) is 51.6 Å². The Morgan fingerprint density at radius 1 is 1.38 bits per heavy atom. The van der Waals surface area contributed by atoms with E-state index in [1.54, 1.807) is 0 Å². The smallest absolute Gasteiger partial charge is 0.193 e. The molecule has 1 atom stereocenters. The van der Waals surface area contributed by atoms with E-state index in [0.717, 1.165) is 30.1 Å². The number of nitrogens with zero attached hydrogens (tertiary/aromatic N) is 4. The summed E-state index contributed by atoms with van der Waals surface area (Å²) in [6.07, 6.45) is 8.47. The fourth-order valence-corrected chi connectivity index (χ4v) is 3.83. The van der Waals surface area contributed by atoms with Crippen molar-refractivity contribution in [1.82, 2.24) is 19.7 Å². The molecule has 1 aliphatic heterocycles. The quantitative estimate of drug-likeness (QED) is 0.269. The van der Waals surface area contributed by atoms with Crippen molar-refractivity contribution in [3.63, 3.8) is 0 Å². The Morgan fingerprint density at radius 3 is 2.77 bits per heavy atom. The summed E-state index contributed by atoms with van der Waals surface area (Å²) in [5.41, 5.74) is 1.18. The maximum atomic E-state index is 6.07. The zero-order chi connectivity index (χ0) is 18.2. The van der Waals surface area contributed by atoms with E-state index in [2.05, 4.69) is 38.6 Å². The van der Waals surface area contributed by atoms with Gasteiger partial charge in [0.25, 0.3) is 0 Å². The van der Waals surface area contributed by atoms with Gasteiger partial charge in [0.05, 0.1) is 11.6 Å². The van der Waals surface area contributed by atoms with E-state index >= 15 is 0 Å². The number of aliphatic imine (C=N–C) groups is 1. The van der Waals surface area contributed by atoms with Crippen LogP contribution in [0.2, 0.25) is 5.02 Å². The van der Waals surface area contributed by atoms with Crippen LogP contribution >= 0.6 is 35.6 Å². The van der Waals surface area contributed by atoms with Crippen molar-refractivity contribution < 1.29 is 0 Å². The number of hydrogen-bond donors (Lipinski definition) is 1. The van der Waals surface area contributed by atoms with Crippen molar-refractivity contribution >= 4 is 41.5 Å².